The molecule has 0 fully saturated rings. The van der Waals surface area contributed by atoms with Gasteiger partial charge in [-0.2, -0.15) is 28.1 Å². The van der Waals surface area contributed by atoms with Crippen LogP contribution in [0.4, 0.5) is 30.8 Å². The minimum atomic E-state index is -4.41. The minimum absolute atomic E-state index is 0.0217. The van der Waals surface area contributed by atoms with Crippen LogP contribution in [0, 0.1) is 0 Å². The maximum atomic E-state index is 13.3. The molecule has 0 spiro atoms. The summed E-state index contributed by atoms with van der Waals surface area (Å²) in [5.41, 5.74) is 7.47. The smallest absolute Gasteiger partial charge is 0.406 e. The van der Waals surface area contributed by atoms with Crippen molar-refractivity contribution in [1.29, 1.82) is 0 Å². The Morgan fingerprint density at radius 1 is 1.03 bits per heavy atom. The normalized spacial score (nSPS) is 11.4. The zero-order valence-electron chi connectivity index (χ0n) is 18.0. The first-order chi connectivity index (χ1) is 16.3. The van der Waals surface area contributed by atoms with Crippen molar-refractivity contribution in [2.24, 2.45) is 0 Å². The molecule has 2 aromatic carbocycles. The number of anilines is 3. The number of hydrogen-bond acceptors (Lipinski definition) is 8. The minimum Gasteiger partial charge on any atom is -0.495 e. The van der Waals surface area contributed by atoms with E-state index in [1.54, 1.807) is 42.5 Å². The van der Waals surface area contributed by atoms with Crippen molar-refractivity contribution in [3.05, 3.63) is 66.6 Å². The van der Waals surface area contributed by atoms with Gasteiger partial charge in [-0.05, 0) is 17.7 Å². The van der Waals surface area contributed by atoms with Crippen molar-refractivity contribution in [1.82, 2.24) is 24.5 Å². The van der Waals surface area contributed by atoms with Gasteiger partial charge in [-0.1, -0.05) is 54.2 Å². The lowest BCUT2D eigenvalue weighted by molar-refractivity contribution is -0.141. The van der Waals surface area contributed by atoms with Crippen LogP contribution in [0.3, 0.4) is 0 Å². The van der Waals surface area contributed by atoms with E-state index in [1.165, 1.54) is 13.3 Å². The summed E-state index contributed by atoms with van der Waals surface area (Å²) in [4.78, 5) is 16.7. The molecule has 4 rings (SSSR count). The second kappa shape index (κ2) is 10.00. The van der Waals surface area contributed by atoms with Crippen molar-refractivity contribution in [3.63, 3.8) is 0 Å². The Morgan fingerprint density at radius 3 is 2.50 bits per heavy atom. The summed E-state index contributed by atoms with van der Waals surface area (Å²) in [6.45, 7) is -1.17. The highest BCUT2D eigenvalue weighted by atomic mass is 32.2. The van der Waals surface area contributed by atoms with Gasteiger partial charge < -0.3 is 20.4 Å². The average molecular weight is 488 g/mol. The molecule has 0 unspecified atom stereocenters. The number of nitrogen functional groups attached to an aromatic ring is 1. The molecule has 3 N–H and O–H groups in total. The van der Waals surface area contributed by atoms with Gasteiger partial charge in [0.05, 0.1) is 30.4 Å². The standard InChI is InChI=1S/C22H20F3N7OS/c1-33-17-10-6-5-9-15(17)28-20-30-18(29-19(26)31-20)12-34-21-27-11-16(14-7-3-2-4-8-14)32(21)13-22(23,24)25/h2-11H,12-13H2,1H3,(H3,26,28,29,30,31). The molecule has 0 aliphatic carbocycles. The Balaban J connectivity index is 1.57. The fraction of sp³-hybridized carbons (Fsp3) is 0.182. The van der Waals surface area contributed by atoms with Crippen molar-refractivity contribution in [2.75, 3.05) is 18.2 Å². The first kappa shape index (κ1) is 23.4. The van der Waals surface area contributed by atoms with Crippen LogP contribution < -0.4 is 15.8 Å². The molecule has 0 atom stereocenters. The van der Waals surface area contributed by atoms with Crippen molar-refractivity contribution in [2.45, 2.75) is 23.6 Å². The fourth-order valence-corrected chi connectivity index (χ4v) is 4.03. The van der Waals surface area contributed by atoms with E-state index in [4.69, 9.17) is 10.5 Å². The largest absolute Gasteiger partial charge is 0.495 e. The van der Waals surface area contributed by atoms with Crippen molar-refractivity contribution < 1.29 is 17.9 Å². The quantitative estimate of drug-likeness (QED) is 0.338. The van der Waals surface area contributed by atoms with Crippen LogP contribution in [0.1, 0.15) is 5.82 Å². The molecule has 4 aromatic rings. The van der Waals surface area contributed by atoms with Crippen LogP contribution in [0.2, 0.25) is 0 Å². The number of benzene rings is 2. The van der Waals surface area contributed by atoms with E-state index in [9.17, 15) is 13.2 Å². The number of hydrogen-bond donors (Lipinski definition) is 2. The maximum absolute atomic E-state index is 13.3. The molecule has 34 heavy (non-hydrogen) atoms. The molecule has 0 aliphatic heterocycles. The monoisotopic (exact) mass is 487 g/mol. The molecular formula is C22H20F3N7OS. The van der Waals surface area contributed by atoms with E-state index in [1.807, 2.05) is 12.1 Å². The number of methoxy groups -OCH3 is 1. The third-order valence-corrected chi connectivity index (χ3v) is 5.60. The lowest BCUT2D eigenvalue weighted by Crippen LogP contribution is -2.19. The molecule has 8 nitrogen and oxygen atoms in total. The van der Waals surface area contributed by atoms with Gasteiger partial charge in [0.2, 0.25) is 11.9 Å². The van der Waals surface area contributed by atoms with Crippen LogP contribution >= 0.6 is 11.8 Å². The molecule has 0 saturated heterocycles. The molecule has 0 bridgehead atoms. The SMILES string of the molecule is COc1ccccc1Nc1nc(N)nc(CSc2ncc(-c3ccccc3)n2CC(F)(F)F)n1. The third kappa shape index (κ3) is 5.76. The highest BCUT2D eigenvalue weighted by Crippen LogP contribution is 2.31. The van der Waals surface area contributed by atoms with E-state index in [0.717, 1.165) is 16.3 Å². The number of nitrogens with zero attached hydrogens (tertiary/aromatic N) is 5. The highest BCUT2D eigenvalue weighted by Gasteiger charge is 2.31. The average Bonchev–Trinajstić information content (AvgIpc) is 3.19. The topological polar surface area (TPSA) is 104 Å². The zero-order valence-corrected chi connectivity index (χ0v) is 18.8. The number of nitrogens with two attached hydrogens (primary N) is 1. The third-order valence-electron chi connectivity index (χ3n) is 4.61. The highest BCUT2D eigenvalue weighted by molar-refractivity contribution is 7.98. The summed E-state index contributed by atoms with van der Waals surface area (Å²) < 4.78 is 46.4. The van der Waals surface area contributed by atoms with Gasteiger partial charge in [0.1, 0.15) is 18.1 Å². The van der Waals surface area contributed by atoms with Gasteiger partial charge in [0.15, 0.2) is 5.16 Å². The maximum Gasteiger partial charge on any atom is 0.406 e. The van der Waals surface area contributed by atoms with Gasteiger partial charge in [-0.3, -0.25) is 0 Å². The Labute approximate surface area is 197 Å². The number of alkyl halides is 3. The predicted molar refractivity (Wildman–Crippen MR) is 124 cm³/mol. The van der Waals surface area contributed by atoms with E-state index < -0.39 is 12.7 Å². The van der Waals surface area contributed by atoms with Crippen LogP contribution in [0.25, 0.3) is 11.3 Å². The summed E-state index contributed by atoms with van der Waals surface area (Å²) in [7, 11) is 1.54. The molecule has 12 heteroatoms. The van der Waals surface area contributed by atoms with E-state index in [-0.39, 0.29) is 28.6 Å². The second-order valence-corrected chi connectivity index (χ2v) is 7.98. The molecular weight excluding hydrogens is 467 g/mol. The number of aromatic nitrogens is 5. The molecule has 0 saturated carbocycles. The van der Waals surface area contributed by atoms with Crippen LogP contribution in [-0.2, 0) is 12.3 Å². The fourth-order valence-electron chi connectivity index (χ4n) is 3.20. The first-order valence-corrected chi connectivity index (χ1v) is 11.0. The summed E-state index contributed by atoms with van der Waals surface area (Å²) >= 11 is 1.08. The Hall–Kier alpha value is -3.80. The summed E-state index contributed by atoms with van der Waals surface area (Å²) in [6, 6.07) is 16.0. The molecule has 2 aromatic heterocycles. The number of rotatable bonds is 8. The van der Waals surface area contributed by atoms with Crippen LogP contribution in [-0.4, -0.2) is 37.8 Å². The number of imidazole rings is 1. The summed E-state index contributed by atoms with van der Waals surface area (Å²) in [5, 5.41) is 3.21. The zero-order chi connectivity index (χ0) is 24.1. The Bertz CT molecular complexity index is 1270. The molecule has 176 valence electrons. The number of nitrogens with one attached hydrogen (secondary N) is 1. The lowest BCUT2D eigenvalue weighted by Gasteiger charge is -2.14. The molecule has 0 amide bonds. The van der Waals surface area contributed by atoms with Crippen LogP contribution in [0.5, 0.6) is 5.75 Å². The number of thioether (sulfide) groups is 1. The first-order valence-electron chi connectivity index (χ1n) is 10.0. The van der Waals surface area contributed by atoms with Gasteiger partial charge in [0, 0.05) is 0 Å². The van der Waals surface area contributed by atoms with Gasteiger partial charge >= 0.3 is 6.18 Å². The van der Waals surface area contributed by atoms with Crippen molar-refractivity contribution in [3.8, 4) is 17.0 Å². The Morgan fingerprint density at radius 2 is 1.76 bits per heavy atom. The van der Waals surface area contributed by atoms with E-state index in [2.05, 4.69) is 25.3 Å². The molecule has 0 aliphatic rings. The van der Waals surface area contributed by atoms with Gasteiger partial charge in [0.25, 0.3) is 0 Å². The number of halogens is 3. The van der Waals surface area contributed by atoms with Crippen molar-refractivity contribution >= 4 is 29.3 Å². The van der Waals surface area contributed by atoms with Gasteiger partial charge in [-0.15, -0.1) is 0 Å². The molecule has 2 heterocycles. The van der Waals surface area contributed by atoms with E-state index >= 15 is 0 Å². The second-order valence-electron chi connectivity index (χ2n) is 7.04. The predicted octanol–water partition coefficient (Wildman–Crippen LogP) is 4.92. The summed E-state index contributed by atoms with van der Waals surface area (Å²) in [5.74, 6) is 1.18. The van der Waals surface area contributed by atoms with Gasteiger partial charge in [-0.25, -0.2) is 4.98 Å². The lowest BCUT2D eigenvalue weighted by atomic mass is 10.2. The number of ether oxygens (including phenoxy) is 1. The number of para-hydroxylation sites is 2. The van der Waals surface area contributed by atoms with E-state index in [0.29, 0.717) is 22.7 Å². The Kier molecular flexibility index (Phi) is 6.87. The molecule has 0 radical (unpaired) electrons. The summed E-state index contributed by atoms with van der Waals surface area (Å²) in [6.07, 6.45) is -2.98. The van der Waals surface area contributed by atoms with Crippen LogP contribution in [0.15, 0.2) is 66.0 Å².